The summed E-state index contributed by atoms with van der Waals surface area (Å²) < 4.78 is 0. The molecular formula is C15H28N6OS. The second-order valence-corrected chi connectivity index (χ2v) is 7.32. The Bertz CT molecular complexity index is 525. The highest BCUT2D eigenvalue weighted by molar-refractivity contribution is 8.13. The molecule has 0 aliphatic heterocycles. The molecule has 0 radical (unpaired) electrons. The van der Waals surface area contributed by atoms with Crippen molar-refractivity contribution >= 4 is 28.9 Å². The molecule has 0 aliphatic rings. The number of nitrogens with one attached hydrogen (secondary N) is 1. The number of hydrogen-bond donors (Lipinski definition) is 1. The van der Waals surface area contributed by atoms with Crippen LogP contribution in [0.1, 0.15) is 41.5 Å². The Morgan fingerprint density at radius 3 is 2.00 bits per heavy atom. The van der Waals surface area contributed by atoms with Gasteiger partial charge in [0, 0.05) is 44.0 Å². The number of anilines is 2. The van der Waals surface area contributed by atoms with E-state index in [1.807, 2.05) is 13.8 Å². The minimum absolute atomic E-state index is 0.113. The van der Waals surface area contributed by atoms with Gasteiger partial charge in [-0.2, -0.15) is 15.0 Å². The number of thioether (sulfide) groups is 1. The summed E-state index contributed by atoms with van der Waals surface area (Å²) in [6, 6.07) is 0.678. The lowest BCUT2D eigenvalue weighted by atomic mass is 10.2. The minimum atomic E-state index is -0.113. The number of aromatic nitrogens is 3. The molecule has 1 heterocycles. The lowest BCUT2D eigenvalue weighted by Gasteiger charge is -2.31. The molecule has 23 heavy (non-hydrogen) atoms. The van der Waals surface area contributed by atoms with Crippen molar-refractivity contribution in [1.29, 1.82) is 0 Å². The molecule has 1 aromatic heterocycles. The number of rotatable bonds is 6. The molecule has 8 heteroatoms. The highest BCUT2D eigenvalue weighted by Gasteiger charge is 2.21. The quantitative estimate of drug-likeness (QED) is 0.798. The van der Waals surface area contributed by atoms with Crippen molar-refractivity contribution < 1.29 is 4.79 Å². The van der Waals surface area contributed by atoms with Gasteiger partial charge >= 0.3 is 0 Å². The SMILES string of the molecule is CC(C)Nc1nc(SC(=O)N(C)C)nc(N(C(C)C)C(C)C)n1. The van der Waals surface area contributed by atoms with Crippen molar-refractivity contribution in [2.24, 2.45) is 0 Å². The maximum Gasteiger partial charge on any atom is 0.288 e. The summed E-state index contributed by atoms with van der Waals surface area (Å²) >= 11 is 1.01. The summed E-state index contributed by atoms with van der Waals surface area (Å²) in [5, 5.41) is 3.49. The molecule has 0 fully saturated rings. The first-order valence-electron chi connectivity index (χ1n) is 7.81. The number of hydrogen-bond acceptors (Lipinski definition) is 7. The Morgan fingerprint density at radius 2 is 1.57 bits per heavy atom. The molecule has 0 saturated carbocycles. The molecule has 0 aliphatic carbocycles. The summed E-state index contributed by atoms with van der Waals surface area (Å²) in [6.45, 7) is 12.4. The van der Waals surface area contributed by atoms with E-state index in [-0.39, 0.29) is 23.4 Å². The topological polar surface area (TPSA) is 74.2 Å². The van der Waals surface area contributed by atoms with E-state index < -0.39 is 0 Å². The fourth-order valence-corrected chi connectivity index (χ4v) is 2.66. The van der Waals surface area contributed by atoms with Gasteiger partial charge in [-0.3, -0.25) is 4.79 Å². The van der Waals surface area contributed by atoms with Gasteiger partial charge in [-0.15, -0.1) is 0 Å². The van der Waals surface area contributed by atoms with Crippen LogP contribution in [0.4, 0.5) is 16.7 Å². The van der Waals surface area contributed by atoms with Crippen LogP contribution in [0.3, 0.4) is 0 Å². The van der Waals surface area contributed by atoms with Crippen molar-refractivity contribution in [1.82, 2.24) is 19.9 Å². The van der Waals surface area contributed by atoms with Gasteiger partial charge in [0.15, 0.2) is 0 Å². The van der Waals surface area contributed by atoms with Crippen molar-refractivity contribution in [3.8, 4) is 0 Å². The van der Waals surface area contributed by atoms with Crippen LogP contribution in [-0.2, 0) is 0 Å². The lowest BCUT2D eigenvalue weighted by Crippen LogP contribution is -2.38. The molecule has 7 nitrogen and oxygen atoms in total. The van der Waals surface area contributed by atoms with Gasteiger partial charge in [0.05, 0.1) is 0 Å². The van der Waals surface area contributed by atoms with Gasteiger partial charge < -0.3 is 15.1 Å². The predicted octanol–water partition coefficient (Wildman–Crippen LogP) is 3.09. The zero-order chi connectivity index (χ0) is 17.7. The van der Waals surface area contributed by atoms with Gasteiger partial charge in [0.1, 0.15) is 0 Å². The molecule has 0 unspecified atom stereocenters. The molecule has 0 atom stereocenters. The first-order valence-corrected chi connectivity index (χ1v) is 8.63. The van der Waals surface area contributed by atoms with Gasteiger partial charge in [-0.05, 0) is 41.5 Å². The largest absolute Gasteiger partial charge is 0.352 e. The Labute approximate surface area is 143 Å². The summed E-state index contributed by atoms with van der Waals surface area (Å²) in [7, 11) is 3.42. The third-order valence-corrected chi connectivity index (χ3v) is 3.81. The van der Waals surface area contributed by atoms with E-state index >= 15 is 0 Å². The molecule has 1 amide bonds. The molecule has 0 aromatic carbocycles. The Kier molecular flexibility index (Phi) is 7.05. The van der Waals surface area contributed by atoms with E-state index in [4.69, 9.17) is 0 Å². The molecular weight excluding hydrogens is 312 g/mol. The van der Waals surface area contributed by atoms with Crippen molar-refractivity contribution in [2.45, 2.75) is 64.8 Å². The lowest BCUT2D eigenvalue weighted by molar-refractivity contribution is 0.241. The van der Waals surface area contributed by atoms with Crippen molar-refractivity contribution in [3.63, 3.8) is 0 Å². The van der Waals surface area contributed by atoms with E-state index in [0.29, 0.717) is 17.1 Å². The number of nitrogens with zero attached hydrogens (tertiary/aromatic N) is 5. The highest BCUT2D eigenvalue weighted by atomic mass is 32.2. The third-order valence-electron chi connectivity index (χ3n) is 2.91. The number of carbonyl (C=O) groups excluding carboxylic acids is 1. The fraction of sp³-hybridized carbons (Fsp3) is 0.733. The first kappa shape index (κ1) is 19.5. The van der Waals surface area contributed by atoms with Gasteiger partial charge in [0.25, 0.3) is 5.24 Å². The molecule has 0 saturated heterocycles. The second kappa shape index (κ2) is 8.33. The number of amides is 1. The Balaban J connectivity index is 3.25. The second-order valence-electron chi connectivity index (χ2n) is 6.40. The zero-order valence-corrected chi connectivity index (χ0v) is 16.1. The van der Waals surface area contributed by atoms with Crippen LogP contribution in [0.15, 0.2) is 5.16 Å². The van der Waals surface area contributed by atoms with Crippen LogP contribution in [0.25, 0.3) is 0 Å². The normalized spacial score (nSPS) is 11.3. The molecule has 0 bridgehead atoms. The van der Waals surface area contributed by atoms with E-state index in [1.54, 1.807) is 14.1 Å². The van der Waals surface area contributed by atoms with Crippen LogP contribution in [0.5, 0.6) is 0 Å². The first-order chi connectivity index (χ1) is 10.6. The standard InChI is InChI=1S/C15H28N6OS/c1-9(2)16-12-17-13(21(10(3)4)11(5)6)19-14(18-12)23-15(22)20(7)8/h9-11H,1-8H3,(H,16,17,18,19). The molecule has 130 valence electrons. The number of carbonyl (C=O) groups is 1. The maximum absolute atomic E-state index is 11.9. The van der Waals surface area contributed by atoms with Crippen LogP contribution in [-0.4, -0.2) is 57.3 Å². The van der Waals surface area contributed by atoms with E-state index in [0.717, 1.165) is 11.8 Å². The average Bonchev–Trinajstić information content (AvgIpc) is 2.36. The van der Waals surface area contributed by atoms with Crippen LogP contribution in [0.2, 0.25) is 0 Å². The molecule has 1 aromatic rings. The van der Waals surface area contributed by atoms with E-state index in [1.165, 1.54) is 4.90 Å². The monoisotopic (exact) mass is 340 g/mol. The Morgan fingerprint density at radius 1 is 1.00 bits per heavy atom. The zero-order valence-electron chi connectivity index (χ0n) is 15.3. The van der Waals surface area contributed by atoms with Gasteiger partial charge in [-0.1, -0.05) is 0 Å². The summed E-state index contributed by atoms with van der Waals surface area (Å²) in [6.07, 6.45) is 0. The van der Waals surface area contributed by atoms with Crippen LogP contribution < -0.4 is 10.2 Å². The summed E-state index contributed by atoms with van der Waals surface area (Å²) in [5.41, 5.74) is 0. The van der Waals surface area contributed by atoms with Gasteiger partial charge in [0.2, 0.25) is 17.1 Å². The van der Waals surface area contributed by atoms with Crippen molar-refractivity contribution in [2.75, 3.05) is 24.3 Å². The van der Waals surface area contributed by atoms with Crippen LogP contribution >= 0.6 is 11.8 Å². The van der Waals surface area contributed by atoms with E-state index in [9.17, 15) is 4.79 Å². The third kappa shape index (κ3) is 5.85. The fourth-order valence-electron chi connectivity index (χ4n) is 2.06. The summed E-state index contributed by atoms with van der Waals surface area (Å²) in [5.74, 6) is 1.08. The highest BCUT2D eigenvalue weighted by Crippen LogP contribution is 2.23. The average molecular weight is 340 g/mol. The molecule has 1 rings (SSSR count). The van der Waals surface area contributed by atoms with Gasteiger partial charge in [-0.25, -0.2) is 0 Å². The Hall–Kier alpha value is -1.57. The minimum Gasteiger partial charge on any atom is -0.352 e. The van der Waals surface area contributed by atoms with E-state index in [2.05, 4.69) is 52.9 Å². The maximum atomic E-state index is 11.9. The predicted molar refractivity (Wildman–Crippen MR) is 96.3 cm³/mol. The van der Waals surface area contributed by atoms with Crippen molar-refractivity contribution in [3.05, 3.63) is 0 Å². The summed E-state index contributed by atoms with van der Waals surface area (Å²) in [4.78, 5) is 28.9. The molecule has 0 spiro atoms. The smallest absolute Gasteiger partial charge is 0.288 e. The molecule has 1 N–H and O–H groups in total. The van der Waals surface area contributed by atoms with Crippen LogP contribution in [0, 0.1) is 0 Å².